The predicted octanol–water partition coefficient (Wildman–Crippen LogP) is 0.825. The highest BCUT2D eigenvalue weighted by Gasteiger charge is 2.31. The van der Waals surface area contributed by atoms with Crippen LogP contribution in [0.1, 0.15) is 33.1 Å². The second-order valence-corrected chi connectivity index (χ2v) is 5.20. The molecule has 2 rings (SSSR count). The van der Waals surface area contributed by atoms with Crippen molar-refractivity contribution in [2.75, 3.05) is 13.1 Å². The maximum Gasteiger partial charge on any atom is 0.237 e. The summed E-state index contributed by atoms with van der Waals surface area (Å²) in [5.41, 5.74) is 0.844. The molecule has 1 saturated carbocycles. The Bertz CT molecular complexity index is 326. The Labute approximate surface area is 102 Å². The van der Waals surface area contributed by atoms with Crippen LogP contribution >= 0.6 is 0 Å². The minimum absolute atomic E-state index is 0.0849. The number of nitrogens with one attached hydrogen (secondary N) is 1. The summed E-state index contributed by atoms with van der Waals surface area (Å²) in [5.74, 6) is 0.356. The minimum atomic E-state index is -0.0849. The Hall–Kier alpha value is -1.10. The van der Waals surface area contributed by atoms with Gasteiger partial charge in [0.15, 0.2) is 0 Å². The predicted molar refractivity (Wildman–Crippen MR) is 65.2 cm³/mol. The third-order valence-corrected chi connectivity index (χ3v) is 3.71. The number of oxime groups is 1. The van der Waals surface area contributed by atoms with Crippen LogP contribution in [0.15, 0.2) is 5.16 Å². The summed E-state index contributed by atoms with van der Waals surface area (Å²) in [6, 6.07) is 0.333. The van der Waals surface area contributed by atoms with Gasteiger partial charge >= 0.3 is 0 Å². The first-order valence-electron chi connectivity index (χ1n) is 6.37. The van der Waals surface area contributed by atoms with Crippen LogP contribution in [0.4, 0.5) is 0 Å². The van der Waals surface area contributed by atoms with Crippen molar-refractivity contribution in [2.24, 2.45) is 11.1 Å². The third kappa shape index (κ3) is 2.97. The second kappa shape index (κ2) is 5.04. The summed E-state index contributed by atoms with van der Waals surface area (Å²) >= 11 is 0. The number of piperidine rings is 1. The van der Waals surface area contributed by atoms with E-state index >= 15 is 0 Å². The lowest BCUT2D eigenvalue weighted by molar-refractivity contribution is -0.126. The number of carbonyl (C=O) groups excluding carboxylic acids is 1. The van der Waals surface area contributed by atoms with E-state index in [2.05, 4.69) is 15.4 Å². The van der Waals surface area contributed by atoms with Crippen LogP contribution in [0.5, 0.6) is 0 Å². The Kier molecular flexibility index (Phi) is 3.66. The Balaban J connectivity index is 1.87. The van der Waals surface area contributed by atoms with Crippen LogP contribution in [0.2, 0.25) is 0 Å². The molecule has 17 heavy (non-hydrogen) atoms. The molecule has 0 aromatic rings. The zero-order valence-corrected chi connectivity index (χ0v) is 10.5. The maximum absolute atomic E-state index is 11.9. The van der Waals surface area contributed by atoms with E-state index in [1.807, 2.05) is 13.8 Å². The first kappa shape index (κ1) is 12.4. The Morgan fingerprint density at radius 3 is 2.82 bits per heavy atom. The first-order valence-corrected chi connectivity index (χ1v) is 6.37. The number of carbonyl (C=O) groups is 1. The molecule has 96 valence electrons. The maximum atomic E-state index is 11.9. The summed E-state index contributed by atoms with van der Waals surface area (Å²) in [6.45, 7) is 5.57. The molecule has 2 N–H and O–H groups in total. The van der Waals surface area contributed by atoms with Crippen molar-refractivity contribution in [3.05, 3.63) is 0 Å². The van der Waals surface area contributed by atoms with Gasteiger partial charge in [-0.2, -0.15) is 0 Å². The third-order valence-electron chi connectivity index (χ3n) is 3.71. The zero-order valence-electron chi connectivity index (χ0n) is 10.5. The topological polar surface area (TPSA) is 64.9 Å². The van der Waals surface area contributed by atoms with Gasteiger partial charge in [-0.25, -0.2) is 0 Å². The Morgan fingerprint density at radius 1 is 1.59 bits per heavy atom. The zero-order chi connectivity index (χ0) is 12.4. The van der Waals surface area contributed by atoms with Crippen LogP contribution in [-0.4, -0.2) is 46.9 Å². The van der Waals surface area contributed by atoms with Crippen LogP contribution < -0.4 is 5.32 Å². The highest BCUT2D eigenvalue weighted by molar-refractivity contribution is 5.87. The van der Waals surface area contributed by atoms with Gasteiger partial charge in [-0.1, -0.05) is 12.1 Å². The lowest BCUT2D eigenvalue weighted by Crippen LogP contribution is -2.51. The van der Waals surface area contributed by atoms with Gasteiger partial charge in [0.25, 0.3) is 0 Å². The van der Waals surface area contributed by atoms with Crippen molar-refractivity contribution in [1.29, 1.82) is 0 Å². The van der Waals surface area contributed by atoms with Gasteiger partial charge in [0.1, 0.15) is 0 Å². The number of nitrogens with zero attached hydrogens (tertiary/aromatic N) is 2. The van der Waals surface area contributed by atoms with Crippen LogP contribution in [-0.2, 0) is 4.79 Å². The van der Waals surface area contributed by atoms with E-state index in [4.69, 9.17) is 5.21 Å². The SMILES string of the molecule is CC1CN(C(C)C(=O)NC2CC2)CCC1=NO. The molecular formula is C12H21N3O2. The number of rotatable bonds is 3. The smallest absolute Gasteiger partial charge is 0.237 e. The summed E-state index contributed by atoms with van der Waals surface area (Å²) in [5, 5.41) is 15.2. The van der Waals surface area contributed by atoms with E-state index in [9.17, 15) is 4.79 Å². The van der Waals surface area contributed by atoms with E-state index in [1.165, 1.54) is 0 Å². The van der Waals surface area contributed by atoms with Gasteiger partial charge in [-0.15, -0.1) is 0 Å². The molecular weight excluding hydrogens is 218 g/mol. The number of hydrogen-bond acceptors (Lipinski definition) is 4. The van der Waals surface area contributed by atoms with Crippen LogP contribution in [0.3, 0.4) is 0 Å². The summed E-state index contributed by atoms with van der Waals surface area (Å²) in [7, 11) is 0. The van der Waals surface area contributed by atoms with E-state index in [0.717, 1.165) is 38.1 Å². The first-order chi connectivity index (χ1) is 8.11. The van der Waals surface area contributed by atoms with Gasteiger partial charge in [-0.3, -0.25) is 9.69 Å². The highest BCUT2D eigenvalue weighted by atomic mass is 16.4. The number of hydrogen-bond donors (Lipinski definition) is 2. The summed E-state index contributed by atoms with van der Waals surface area (Å²) in [4.78, 5) is 14.1. The average molecular weight is 239 g/mol. The van der Waals surface area contributed by atoms with Gasteiger partial charge in [-0.05, 0) is 19.8 Å². The molecule has 2 aliphatic rings. The fraction of sp³-hybridized carbons (Fsp3) is 0.833. The number of likely N-dealkylation sites (tertiary alicyclic amines) is 1. The average Bonchev–Trinajstić information content (AvgIpc) is 3.11. The molecule has 0 bridgehead atoms. The molecule has 1 amide bonds. The molecule has 2 unspecified atom stereocenters. The van der Waals surface area contributed by atoms with Crippen molar-refractivity contribution in [1.82, 2.24) is 10.2 Å². The van der Waals surface area contributed by atoms with Gasteiger partial charge in [0.05, 0.1) is 11.8 Å². The largest absolute Gasteiger partial charge is 0.411 e. The minimum Gasteiger partial charge on any atom is -0.411 e. The van der Waals surface area contributed by atoms with E-state index in [1.54, 1.807) is 0 Å². The van der Waals surface area contributed by atoms with Gasteiger partial charge in [0.2, 0.25) is 5.91 Å². The fourth-order valence-corrected chi connectivity index (χ4v) is 2.27. The van der Waals surface area contributed by atoms with Crippen LogP contribution in [0.25, 0.3) is 0 Å². The molecule has 2 atom stereocenters. The summed E-state index contributed by atoms with van der Waals surface area (Å²) < 4.78 is 0. The van der Waals surface area contributed by atoms with Crippen molar-refractivity contribution < 1.29 is 10.0 Å². The molecule has 1 aliphatic carbocycles. The normalized spacial score (nSPS) is 30.2. The molecule has 1 heterocycles. The summed E-state index contributed by atoms with van der Waals surface area (Å²) in [6.07, 6.45) is 2.99. The standard InChI is InChI=1S/C12H21N3O2/c1-8-7-15(6-5-11(8)14-17)9(2)12(16)13-10-3-4-10/h8-10,17H,3-7H2,1-2H3,(H,13,16). The van der Waals surface area contributed by atoms with Gasteiger partial charge < -0.3 is 10.5 Å². The van der Waals surface area contributed by atoms with E-state index in [-0.39, 0.29) is 17.9 Å². The quantitative estimate of drug-likeness (QED) is 0.566. The van der Waals surface area contributed by atoms with Crippen LogP contribution in [0, 0.1) is 5.92 Å². The van der Waals surface area contributed by atoms with E-state index in [0.29, 0.717) is 6.04 Å². The lowest BCUT2D eigenvalue weighted by atomic mass is 9.96. The number of amides is 1. The van der Waals surface area contributed by atoms with E-state index < -0.39 is 0 Å². The van der Waals surface area contributed by atoms with Crippen molar-refractivity contribution >= 4 is 11.6 Å². The van der Waals surface area contributed by atoms with Gasteiger partial charge in [0, 0.05) is 31.5 Å². The molecule has 1 aliphatic heterocycles. The molecule has 2 fully saturated rings. The molecule has 1 saturated heterocycles. The molecule has 5 heteroatoms. The van der Waals surface area contributed by atoms with Crippen molar-refractivity contribution in [3.63, 3.8) is 0 Å². The molecule has 5 nitrogen and oxygen atoms in total. The fourth-order valence-electron chi connectivity index (χ4n) is 2.27. The molecule has 0 aromatic carbocycles. The second-order valence-electron chi connectivity index (χ2n) is 5.20. The molecule has 0 spiro atoms. The lowest BCUT2D eigenvalue weighted by Gasteiger charge is -2.35. The Morgan fingerprint density at radius 2 is 2.29 bits per heavy atom. The molecule has 0 aromatic heterocycles. The molecule has 0 radical (unpaired) electrons. The van der Waals surface area contributed by atoms with Crippen molar-refractivity contribution in [2.45, 2.75) is 45.2 Å². The highest BCUT2D eigenvalue weighted by Crippen LogP contribution is 2.20. The van der Waals surface area contributed by atoms with Crippen molar-refractivity contribution in [3.8, 4) is 0 Å². The monoisotopic (exact) mass is 239 g/mol.